The quantitative estimate of drug-likeness (QED) is 0.550. The Morgan fingerprint density at radius 2 is 2.12 bits per heavy atom. The predicted molar refractivity (Wildman–Crippen MR) is 101 cm³/mol. The lowest BCUT2D eigenvalue weighted by atomic mass is 10.2. The molecule has 4 aromatic rings. The summed E-state index contributed by atoms with van der Waals surface area (Å²) in [5.74, 6) is 1.44. The van der Waals surface area contributed by atoms with Crippen molar-refractivity contribution in [2.45, 2.75) is 18.9 Å². The molecular weight excluding hydrogens is 332 g/mol. The fourth-order valence-electron chi connectivity index (χ4n) is 2.81. The molecule has 0 spiro atoms. The van der Waals surface area contributed by atoms with Gasteiger partial charge in [-0.25, -0.2) is 15.0 Å². The van der Waals surface area contributed by atoms with Crippen LogP contribution in [0, 0.1) is 0 Å². The Bertz CT molecular complexity index is 1050. The normalized spacial score (nSPS) is 14.1. The molecule has 6 nitrogen and oxygen atoms in total. The van der Waals surface area contributed by atoms with Crippen LogP contribution in [-0.2, 0) is 0 Å². The molecule has 0 radical (unpaired) electrons. The van der Waals surface area contributed by atoms with Gasteiger partial charge in [-0.15, -0.1) is 0 Å². The highest BCUT2D eigenvalue weighted by molar-refractivity contribution is 7.08. The van der Waals surface area contributed by atoms with E-state index in [-0.39, 0.29) is 0 Å². The van der Waals surface area contributed by atoms with Crippen LogP contribution in [0.4, 0.5) is 11.5 Å². The number of benzene rings is 1. The molecule has 3 aromatic heterocycles. The summed E-state index contributed by atoms with van der Waals surface area (Å²) >= 11 is 1.65. The molecule has 1 fully saturated rings. The molecule has 3 N–H and O–H groups in total. The third-order valence-electron chi connectivity index (χ3n) is 4.24. The summed E-state index contributed by atoms with van der Waals surface area (Å²) in [6.45, 7) is 0. The summed E-state index contributed by atoms with van der Waals surface area (Å²) in [4.78, 5) is 14.1. The number of nitrogens with one attached hydrogen (secondary N) is 1. The van der Waals surface area contributed by atoms with Crippen LogP contribution < -0.4 is 11.1 Å². The van der Waals surface area contributed by atoms with Gasteiger partial charge in [-0.05, 0) is 36.4 Å². The average Bonchev–Trinajstić information content (AvgIpc) is 3.10. The van der Waals surface area contributed by atoms with Crippen LogP contribution in [0.3, 0.4) is 0 Å². The van der Waals surface area contributed by atoms with Crippen LogP contribution in [0.25, 0.3) is 28.2 Å². The first kappa shape index (κ1) is 14.4. The molecule has 1 aromatic carbocycles. The number of hydrogen-bond donors (Lipinski definition) is 2. The number of aromatic nitrogens is 4. The van der Waals surface area contributed by atoms with Crippen molar-refractivity contribution in [2.24, 2.45) is 0 Å². The minimum absolute atomic E-state index is 0.484. The Balaban J connectivity index is 1.73. The Kier molecular flexibility index (Phi) is 3.21. The topological polar surface area (TPSA) is 81.6 Å². The maximum Gasteiger partial charge on any atom is 0.170 e. The zero-order chi connectivity index (χ0) is 16.8. The summed E-state index contributed by atoms with van der Waals surface area (Å²) in [7, 11) is 0. The molecule has 25 heavy (non-hydrogen) atoms. The number of thiophene rings is 1. The van der Waals surface area contributed by atoms with Gasteiger partial charge < -0.3 is 11.1 Å². The number of nitrogen functional groups attached to an aromatic ring is 1. The van der Waals surface area contributed by atoms with Crippen LogP contribution in [0.5, 0.6) is 0 Å². The molecule has 0 amide bonds. The molecule has 124 valence electrons. The van der Waals surface area contributed by atoms with E-state index < -0.39 is 0 Å². The summed E-state index contributed by atoms with van der Waals surface area (Å²) in [6, 6.07) is 10.2. The van der Waals surface area contributed by atoms with Gasteiger partial charge in [0, 0.05) is 22.7 Å². The zero-order valence-corrected chi connectivity index (χ0v) is 14.2. The second-order valence-corrected chi connectivity index (χ2v) is 6.99. The van der Waals surface area contributed by atoms with Crippen LogP contribution >= 0.6 is 11.3 Å². The Labute approximate surface area is 148 Å². The number of imidazole rings is 1. The van der Waals surface area contributed by atoms with Crippen molar-refractivity contribution in [3.63, 3.8) is 0 Å². The van der Waals surface area contributed by atoms with E-state index in [4.69, 9.17) is 15.7 Å². The highest BCUT2D eigenvalue weighted by atomic mass is 32.1. The van der Waals surface area contributed by atoms with Gasteiger partial charge in [-0.3, -0.25) is 4.57 Å². The van der Waals surface area contributed by atoms with Gasteiger partial charge in [0.05, 0.1) is 5.69 Å². The molecule has 0 bridgehead atoms. The van der Waals surface area contributed by atoms with Gasteiger partial charge in [-0.1, -0.05) is 12.1 Å². The van der Waals surface area contributed by atoms with E-state index in [2.05, 4.69) is 21.7 Å². The molecule has 1 aliphatic carbocycles. The van der Waals surface area contributed by atoms with Crippen molar-refractivity contribution in [3.8, 4) is 17.1 Å². The van der Waals surface area contributed by atoms with E-state index in [1.165, 1.54) is 12.8 Å². The van der Waals surface area contributed by atoms with E-state index in [0.717, 1.165) is 28.2 Å². The maximum atomic E-state index is 5.94. The van der Waals surface area contributed by atoms with Crippen LogP contribution in [0.15, 0.2) is 47.4 Å². The third kappa shape index (κ3) is 2.62. The second kappa shape index (κ2) is 5.56. The van der Waals surface area contributed by atoms with Crippen molar-refractivity contribution < 1.29 is 0 Å². The van der Waals surface area contributed by atoms with Crippen molar-refractivity contribution in [2.75, 3.05) is 11.1 Å². The van der Waals surface area contributed by atoms with Crippen molar-refractivity contribution in [1.29, 1.82) is 0 Å². The van der Waals surface area contributed by atoms with E-state index in [1.807, 2.05) is 40.5 Å². The minimum atomic E-state index is 0.484. The van der Waals surface area contributed by atoms with Crippen LogP contribution in [-0.4, -0.2) is 25.6 Å². The number of nitrogens with zero attached hydrogens (tertiary/aromatic N) is 4. The van der Waals surface area contributed by atoms with Gasteiger partial charge in [-0.2, -0.15) is 11.3 Å². The lowest BCUT2D eigenvalue weighted by Gasteiger charge is -2.09. The molecule has 0 aliphatic heterocycles. The standard InChI is InChI=1S/C18H16N6S/c19-12-3-1-2-11(8-12)16-22-17(21-13-4-5-13)15-18(23-16)24(10-20-15)14-6-7-25-9-14/h1-3,6-10,13H,4-5,19H2,(H,21,22,23). The maximum absolute atomic E-state index is 5.94. The predicted octanol–water partition coefficient (Wildman–Crippen LogP) is 3.70. The average molecular weight is 348 g/mol. The molecule has 0 atom stereocenters. The van der Waals surface area contributed by atoms with Crippen molar-refractivity contribution >= 4 is 34.0 Å². The molecule has 0 saturated heterocycles. The summed E-state index contributed by atoms with van der Waals surface area (Å²) in [5, 5.41) is 7.61. The Morgan fingerprint density at radius 3 is 2.88 bits per heavy atom. The molecular formula is C18H16N6S. The summed E-state index contributed by atoms with van der Waals surface area (Å²) in [6.07, 6.45) is 4.15. The van der Waals surface area contributed by atoms with Crippen LogP contribution in [0.1, 0.15) is 12.8 Å². The zero-order valence-electron chi connectivity index (χ0n) is 13.4. The van der Waals surface area contributed by atoms with Gasteiger partial charge in [0.2, 0.25) is 0 Å². The first-order valence-corrected chi connectivity index (χ1v) is 9.12. The molecule has 1 saturated carbocycles. The lowest BCUT2D eigenvalue weighted by Crippen LogP contribution is -2.06. The van der Waals surface area contributed by atoms with Gasteiger partial charge >= 0.3 is 0 Å². The fourth-order valence-corrected chi connectivity index (χ4v) is 3.44. The number of hydrogen-bond acceptors (Lipinski definition) is 6. The first-order chi connectivity index (χ1) is 12.3. The Hall–Kier alpha value is -2.93. The Morgan fingerprint density at radius 1 is 1.20 bits per heavy atom. The van der Waals surface area contributed by atoms with Gasteiger partial charge in [0.1, 0.15) is 6.33 Å². The van der Waals surface area contributed by atoms with Crippen LogP contribution in [0.2, 0.25) is 0 Å². The van der Waals surface area contributed by atoms with Gasteiger partial charge in [0.25, 0.3) is 0 Å². The number of fused-ring (bicyclic) bond motifs is 1. The molecule has 3 heterocycles. The van der Waals surface area contributed by atoms with Crippen molar-refractivity contribution in [1.82, 2.24) is 19.5 Å². The summed E-state index contributed by atoms with van der Waals surface area (Å²) < 4.78 is 2.00. The number of rotatable bonds is 4. The molecule has 7 heteroatoms. The van der Waals surface area contributed by atoms with Crippen molar-refractivity contribution in [3.05, 3.63) is 47.4 Å². The molecule has 1 aliphatic rings. The number of anilines is 2. The molecule has 0 unspecified atom stereocenters. The van der Waals surface area contributed by atoms with E-state index in [1.54, 1.807) is 11.3 Å². The van der Waals surface area contributed by atoms with E-state index in [9.17, 15) is 0 Å². The van der Waals surface area contributed by atoms with E-state index >= 15 is 0 Å². The molecule has 5 rings (SSSR count). The highest BCUT2D eigenvalue weighted by Crippen LogP contribution is 2.31. The second-order valence-electron chi connectivity index (χ2n) is 6.21. The third-order valence-corrected chi connectivity index (χ3v) is 4.91. The lowest BCUT2D eigenvalue weighted by molar-refractivity contribution is 1.06. The highest BCUT2D eigenvalue weighted by Gasteiger charge is 2.24. The smallest absolute Gasteiger partial charge is 0.170 e. The number of nitrogens with two attached hydrogens (primary N) is 1. The van der Waals surface area contributed by atoms with E-state index in [0.29, 0.717) is 17.6 Å². The summed E-state index contributed by atoms with van der Waals surface area (Å²) in [5.41, 5.74) is 10.2. The SMILES string of the molecule is Nc1cccc(-c2nc(NC3CC3)c3ncn(-c4ccsc4)c3n2)c1. The van der Waals surface area contributed by atoms with Gasteiger partial charge in [0.15, 0.2) is 22.8 Å². The first-order valence-electron chi connectivity index (χ1n) is 8.18. The minimum Gasteiger partial charge on any atom is -0.399 e. The fraction of sp³-hybridized carbons (Fsp3) is 0.167. The largest absolute Gasteiger partial charge is 0.399 e. The monoisotopic (exact) mass is 348 g/mol.